The Morgan fingerprint density at radius 1 is 0.909 bits per heavy atom. The Morgan fingerprint density at radius 2 is 1.45 bits per heavy atom. The van der Waals surface area contributed by atoms with Crippen LogP contribution in [0.5, 0.6) is 0 Å². The third kappa shape index (κ3) is 3.07. The third-order valence-electron chi connectivity index (χ3n) is 3.05. The first-order valence-corrected chi connectivity index (χ1v) is 8.00. The van der Waals surface area contributed by atoms with E-state index in [1.54, 1.807) is 30.3 Å². The van der Waals surface area contributed by atoms with E-state index < -0.39 is 21.8 Å². The first-order chi connectivity index (χ1) is 10.3. The van der Waals surface area contributed by atoms with Crippen LogP contribution in [-0.4, -0.2) is 24.5 Å². The Hall–Kier alpha value is -2.47. The number of sulfonamides is 1. The smallest absolute Gasteiger partial charge is 0.274 e. The van der Waals surface area contributed by atoms with E-state index in [2.05, 4.69) is 0 Å². The summed E-state index contributed by atoms with van der Waals surface area (Å²) < 4.78 is 25.5. The SMILES string of the molecule is CC(=O)N(C(=O)c1ccccc1)S(=O)(=O)c1ccc(C)cc1. The van der Waals surface area contributed by atoms with E-state index in [4.69, 9.17) is 0 Å². The fourth-order valence-electron chi connectivity index (χ4n) is 1.94. The lowest BCUT2D eigenvalue weighted by Crippen LogP contribution is -2.40. The number of benzene rings is 2. The molecular formula is C16H15NO4S. The number of carbonyl (C=O) groups excluding carboxylic acids is 2. The van der Waals surface area contributed by atoms with Gasteiger partial charge in [0.2, 0.25) is 5.91 Å². The number of hydrogen-bond donors (Lipinski definition) is 0. The van der Waals surface area contributed by atoms with Crippen molar-refractivity contribution in [2.75, 3.05) is 0 Å². The van der Waals surface area contributed by atoms with Crippen molar-refractivity contribution in [2.24, 2.45) is 0 Å². The highest BCUT2D eigenvalue weighted by Gasteiger charge is 2.33. The van der Waals surface area contributed by atoms with Gasteiger partial charge in [-0.25, -0.2) is 8.42 Å². The molecule has 0 saturated carbocycles. The third-order valence-corrected chi connectivity index (χ3v) is 4.82. The average Bonchev–Trinajstić information content (AvgIpc) is 2.48. The number of imide groups is 1. The van der Waals surface area contributed by atoms with Crippen LogP contribution in [0.1, 0.15) is 22.8 Å². The van der Waals surface area contributed by atoms with Gasteiger partial charge >= 0.3 is 0 Å². The molecule has 0 heterocycles. The first kappa shape index (κ1) is 15.9. The van der Waals surface area contributed by atoms with E-state index in [0.29, 0.717) is 4.31 Å². The van der Waals surface area contributed by atoms with Crippen LogP contribution < -0.4 is 0 Å². The molecule has 0 aliphatic carbocycles. The molecule has 0 aromatic heterocycles. The molecule has 0 bridgehead atoms. The zero-order valence-electron chi connectivity index (χ0n) is 12.2. The second kappa shape index (κ2) is 6.11. The maximum atomic E-state index is 12.6. The minimum absolute atomic E-state index is 0.0995. The molecule has 2 aromatic rings. The fraction of sp³-hybridized carbons (Fsp3) is 0.125. The summed E-state index contributed by atoms with van der Waals surface area (Å²) in [4.78, 5) is 24.1. The normalized spacial score (nSPS) is 11.0. The van der Waals surface area contributed by atoms with Crippen LogP contribution in [0.2, 0.25) is 0 Å². The minimum atomic E-state index is -4.23. The van der Waals surface area contributed by atoms with Gasteiger partial charge in [-0.15, -0.1) is 0 Å². The Kier molecular flexibility index (Phi) is 4.42. The fourth-order valence-corrected chi connectivity index (χ4v) is 3.29. The summed E-state index contributed by atoms with van der Waals surface area (Å²) >= 11 is 0. The average molecular weight is 317 g/mol. The van der Waals surface area contributed by atoms with Crippen LogP contribution in [0, 0.1) is 6.92 Å². The largest absolute Gasteiger partial charge is 0.274 e. The van der Waals surface area contributed by atoms with Gasteiger partial charge in [0.05, 0.1) is 4.90 Å². The molecule has 0 spiro atoms. The van der Waals surface area contributed by atoms with Crippen molar-refractivity contribution < 1.29 is 18.0 Å². The monoisotopic (exact) mass is 317 g/mol. The van der Waals surface area contributed by atoms with E-state index in [9.17, 15) is 18.0 Å². The van der Waals surface area contributed by atoms with E-state index >= 15 is 0 Å². The van der Waals surface area contributed by atoms with Gasteiger partial charge < -0.3 is 0 Å². The van der Waals surface area contributed by atoms with Crippen molar-refractivity contribution in [3.63, 3.8) is 0 Å². The maximum absolute atomic E-state index is 12.6. The summed E-state index contributed by atoms with van der Waals surface area (Å²) in [6.45, 7) is 2.86. The molecule has 0 saturated heterocycles. The van der Waals surface area contributed by atoms with Crippen molar-refractivity contribution >= 4 is 21.8 Å². The summed E-state index contributed by atoms with van der Waals surface area (Å²) in [7, 11) is -4.23. The predicted molar refractivity (Wildman–Crippen MR) is 81.7 cm³/mol. The number of carbonyl (C=O) groups is 2. The molecule has 2 amide bonds. The first-order valence-electron chi connectivity index (χ1n) is 6.56. The Bertz CT molecular complexity index is 796. The Morgan fingerprint density at radius 3 is 1.95 bits per heavy atom. The number of amides is 2. The van der Waals surface area contributed by atoms with Gasteiger partial charge in [0, 0.05) is 12.5 Å². The summed E-state index contributed by atoms with van der Waals surface area (Å²) in [5, 5.41) is 0. The number of aryl methyl sites for hydroxylation is 1. The molecule has 0 aliphatic heterocycles. The van der Waals surface area contributed by atoms with Crippen molar-refractivity contribution in [1.82, 2.24) is 4.31 Å². The second-order valence-corrected chi connectivity index (χ2v) is 6.56. The highest BCUT2D eigenvalue weighted by atomic mass is 32.2. The highest BCUT2D eigenvalue weighted by molar-refractivity contribution is 7.90. The quantitative estimate of drug-likeness (QED) is 0.871. The molecule has 114 valence electrons. The molecular weight excluding hydrogens is 302 g/mol. The van der Waals surface area contributed by atoms with Crippen LogP contribution in [0.4, 0.5) is 0 Å². The van der Waals surface area contributed by atoms with Gasteiger partial charge in [0.15, 0.2) is 0 Å². The molecule has 0 atom stereocenters. The number of nitrogens with zero attached hydrogens (tertiary/aromatic N) is 1. The molecule has 2 aromatic carbocycles. The number of rotatable bonds is 3. The summed E-state index contributed by atoms with van der Waals surface area (Å²) in [6, 6.07) is 13.8. The molecule has 5 nitrogen and oxygen atoms in total. The van der Waals surface area contributed by atoms with Gasteiger partial charge in [0.1, 0.15) is 0 Å². The Balaban J connectivity index is 2.50. The lowest BCUT2D eigenvalue weighted by atomic mass is 10.2. The standard InChI is InChI=1S/C16H15NO4S/c1-12-8-10-15(11-9-12)22(20,21)17(13(2)18)16(19)14-6-4-3-5-7-14/h3-11H,1-2H3. The minimum Gasteiger partial charge on any atom is -0.274 e. The summed E-state index contributed by atoms with van der Waals surface area (Å²) in [5.74, 6) is -1.72. The summed E-state index contributed by atoms with van der Waals surface area (Å²) in [6.07, 6.45) is 0. The van der Waals surface area contributed by atoms with E-state index in [0.717, 1.165) is 12.5 Å². The lowest BCUT2D eigenvalue weighted by molar-refractivity contribution is -0.122. The molecule has 0 unspecified atom stereocenters. The Labute approximate surface area is 129 Å². The van der Waals surface area contributed by atoms with E-state index in [-0.39, 0.29) is 10.5 Å². The van der Waals surface area contributed by atoms with Crippen LogP contribution in [0.15, 0.2) is 59.5 Å². The van der Waals surface area contributed by atoms with Crippen molar-refractivity contribution in [3.05, 3.63) is 65.7 Å². The van der Waals surface area contributed by atoms with Crippen LogP contribution in [0.25, 0.3) is 0 Å². The van der Waals surface area contributed by atoms with Crippen LogP contribution in [-0.2, 0) is 14.8 Å². The van der Waals surface area contributed by atoms with Gasteiger partial charge in [-0.3, -0.25) is 9.59 Å². The van der Waals surface area contributed by atoms with E-state index in [1.165, 1.54) is 24.3 Å². The van der Waals surface area contributed by atoms with Crippen molar-refractivity contribution in [2.45, 2.75) is 18.7 Å². The predicted octanol–water partition coefficient (Wildman–Crippen LogP) is 2.37. The lowest BCUT2D eigenvalue weighted by Gasteiger charge is -2.19. The van der Waals surface area contributed by atoms with Gasteiger partial charge in [-0.1, -0.05) is 35.9 Å². The van der Waals surface area contributed by atoms with Gasteiger partial charge in [0.25, 0.3) is 15.9 Å². The molecule has 22 heavy (non-hydrogen) atoms. The summed E-state index contributed by atoms with van der Waals surface area (Å²) in [5.41, 5.74) is 1.01. The zero-order valence-corrected chi connectivity index (χ0v) is 13.0. The highest BCUT2D eigenvalue weighted by Crippen LogP contribution is 2.19. The van der Waals surface area contributed by atoms with Crippen molar-refractivity contribution in [3.8, 4) is 0 Å². The molecule has 6 heteroatoms. The van der Waals surface area contributed by atoms with E-state index in [1.807, 2.05) is 6.92 Å². The number of hydrogen-bond acceptors (Lipinski definition) is 4. The molecule has 0 fully saturated rings. The maximum Gasteiger partial charge on any atom is 0.274 e. The van der Waals surface area contributed by atoms with Crippen molar-refractivity contribution in [1.29, 1.82) is 0 Å². The van der Waals surface area contributed by atoms with Gasteiger partial charge in [-0.2, -0.15) is 4.31 Å². The zero-order chi connectivity index (χ0) is 16.3. The van der Waals surface area contributed by atoms with Crippen LogP contribution in [0.3, 0.4) is 0 Å². The second-order valence-electron chi connectivity index (χ2n) is 4.77. The van der Waals surface area contributed by atoms with Gasteiger partial charge in [-0.05, 0) is 31.2 Å². The molecule has 0 N–H and O–H groups in total. The molecule has 0 radical (unpaired) electrons. The van der Waals surface area contributed by atoms with Crippen LogP contribution >= 0.6 is 0 Å². The topological polar surface area (TPSA) is 71.5 Å². The molecule has 2 rings (SSSR count). The molecule has 0 aliphatic rings.